The predicted molar refractivity (Wildman–Crippen MR) is 125 cm³/mol. The molecule has 5 rings (SSSR count). The van der Waals surface area contributed by atoms with Crippen molar-refractivity contribution in [2.75, 3.05) is 13.1 Å². The van der Waals surface area contributed by atoms with Crippen LogP contribution in [0.4, 0.5) is 0 Å². The summed E-state index contributed by atoms with van der Waals surface area (Å²) in [5.41, 5.74) is 3.72. The molecule has 4 nitrogen and oxygen atoms in total. The molecule has 3 aromatic carbocycles. The van der Waals surface area contributed by atoms with E-state index in [9.17, 15) is 4.79 Å². The zero-order valence-corrected chi connectivity index (χ0v) is 17.7. The molecule has 0 saturated carbocycles. The molecule has 0 N–H and O–H groups in total. The molecular weight excluding hydrogens is 396 g/mol. The lowest BCUT2D eigenvalue weighted by Gasteiger charge is -2.47. The maximum atomic E-state index is 12.8. The van der Waals surface area contributed by atoms with Gasteiger partial charge in [-0.1, -0.05) is 96.2 Å². The topological polar surface area (TPSA) is 46.3 Å². The van der Waals surface area contributed by atoms with Gasteiger partial charge < -0.3 is 4.52 Å². The zero-order valence-electron chi connectivity index (χ0n) is 17.7. The summed E-state index contributed by atoms with van der Waals surface area (Å²) in [6.07, 6.45) is 3.88. The Bertz CT molecular complexity index is 1100. The smallest absolute Gasteiger partial charge is 0.161 e. The molecule has 158 valence electrons. The first-order valence-electron chi connectivity index (χ1n) is 10.8. The van der Waals surface area contributed by atoms with Crippen molar-refractivity contribution in [2.45, 2.75) is 12.0 Å². The van der Waals surface area contributed by atoms with Crippen molar-refractivity contribution in [3.63, 3.8) is 0 Å². The summed E-state index contributed by atoms with van der Waals surface area (Å²) < 4.78 is 5.26. The summed E-state index contributed by atoms with van der Waals surface area (Å²) in [7, 11) is 0. The predicted octanol–water partition coefficient (Wildman–Crippen LogP) is 5.32. The number of benzene rings is 3. The highest BCUT2D eigenvalue weighted by atomic mass is 16.5. The zero-order chi connectivity index (χ0) is 21.8. The monoisotopic (exact) mass is 420 g/mol. The molecular formula is C28H24N2O2. The van der Waals surface area contributed by atoms with Crippen LogP contribution in [0.3, 0.4) is 0 Å². The first-order chi connectivity index (χ1) is 15.8. The molecule has 0 bridgehead atoms. The van der Waals surface area contributed by atoms with Crippen LogP contribution in [0.5, 0.6) is 0 Å². The summed E-state index contributed by atoms with van der Waals surface area (Å²) >= 11 is 0. The van der Waals surface area contributed by atoms with E-state index in [0.29, 0.717) is 25.3 Å². The van der Waals surface area contributed by atoms with Crippen molar-refractivity contribution in [3.05, 3.63) is 131 Å². The second kappa shape index (κ2) is 8.77. The Kier molecular flexibility index (Phi) is 5.53. The summed E-state index contributed by atoms with van der Waals surface area (Å²) in [6, 6.07) is 33.4. The first-order valence-corrected chi connectivity index (χ1v) is 10.8. The van der Waals surface area contributed by atoms with E-state index in [1.165, 1.54) is 16.7 Å². The lowest BCUT2D eigenvalue weighted by molar-refractivity contribution is -0.117. The van der Waals surface area contributed by atoms with Crippen LogP contribution in [0.15, 0.2) is 113 Å². The molecule has 0 spiro atoms. The van der Waals surface area contributed by atoms with Crippen molar-refractivity contribution in [1.82, 2.24) is 10.1 Å². The SMILES string of the molecule is O=C1CCN(C(c2ccccc2)(c2ccccc2)c2ccccc2)C/C1=C\c1ccno1. The normalized spacial score (nSPS) is 16.4. The van der Waals surface area contributed by atoms with Crippen LogP contribution in [0.25, 0.3) is 6.08 Å². The van der Waals surface area contributed by atoms with Crippen LogP contribution < -0.4 is 0 Å². The van der Waals surface area contributed by atoms with Gasteiger partial charge >= 0.3 is 0 Å². The molecule has 32 heavy (non-hydrogen) atoms. The third-order valence-electron chi connectivity index (χ3n) is 6.15. The second-order valence-electron chi connectivity index (χ2n) is 7.99. The number of carbonyl (C=O) groups excluding carboxylic acids is 1. The van der Waals surface area contributed by atoms with Gasteiger partial charge in [-0.2, -0.15) is 0 Å². The summed E-state index contributed by atoms with van der Waals surface area (Å²) in [5, 5.41) is 3.78. The highest BCUT2D eigenvalue weighted by Gasteiger charge is 2.44. The Morgan fingerprint density at radius 2 is 1.31 bits per heavy atom. The van der Waals surface area contributed by atoms with Gasteiger partial charge in [0.2, 0.25) is 0 Å². The Labute approximate surface area is 187 Å². The number of Topliss-reactive ketones (excluding diaryl/α,β-unsaturated/α-hetero) is 1. The van der Waals surface area contributed by atoms with Gasteiger partial charge in [0.25, 0.3) is 0 Å². The van der Waals surface area contributed by atoms with E-state index in [-0.39, 0.29) is 5.78 Å². The maximum Gasteiger partial charge on any atom is 0.161 e. The molecule has 1 aliphatic rings. The van der Waals surface area contributed by atoms with Gasteiger partial charge in [-0.3, -0.25) is 9.69 Å². The highest BCUT2D eigenvalue weighted by Crippen LogP contribution is 2.43. The van der Waals surface area contributed by atoms with Gasteiger partial charge in [-0.05, 0) is 22.8 Å². The van der Waals surface area contributed by atoms with Crippen LogP contribution in [-0.4, -0.2) is 28.9 Å². The summed E-state index contributed by atoms with van der Waals surface area (Å²) in [6.45, 7) is 1.17. The average Bonchev–Trinajstić information content (AvgIpc) is 3.37. The van der Waals surface area contributed by atoms with Crippen molar-refractivity contribution < 1.29 is 9.32 Å². The van der Waals surface area contributed by atoms with E-state index in [0.717, 1.165) is 5.57 Å². The molecule has 1 aliphatic heterocycles. The Hall–Kier alpha value is -3.76. The van der Waals surface area contributed by atoms with Gasteiger partial charge in [0.15, 0.2) is 11.5 Å². The maximum absolute atomic E-state index is 12.8. The van der Waals surface area contributed by atoms with Gasteiger partial charge in [-0.15, -0.1) is 0 Å². The summed E-state index contributed by atoms with van der Waals surface area (Å²) in [4.78, 5) is 15.3. The van der Waals surface area contributed by atoms with E-state index >= 15 is 0 Å². The van der Waals surface area contributed by atoms with Crippen LogP contribution in [0, 0.1) is 0 Å². The Morgan fingerprint density at radius 1 is 0.781 bits per heavy atom. The van der Waals surface area contributed by atoms with Crippen molar-refractivity contribution in [3.8, 4) is 0 Å². The molecule has 1 aromatic heterocycles. The number of aromatic nitrogens is 1. The third kappa shape index (κ3) is 3.59. The van der Waals surface area contributed by atoms with Crippen LogP contribution >= 0.6 is 0 Å². The van der Waals surface area contributed by atoms with Crippen LogP contribution in [0.1, 0.15) is 28.9 Å². The van der Waals surface area contributed by atoms with E-state index in [2.05, 4.69) is 82.9 Å². The summed E-state index contributed by atoms with van der Waals surface area (Å²) in [5.74, 6) is 0.751. The van der Waals surface area contributed by atoms with E-state index in [1.54, 1.807) is 12.3 Å². The van der Waals surface area contributed by atoms with Crippen molar-refractivity contribution in [1.29, 1.82) is 0 Å². The number of likely N-dealkylation sites (tertiary alicyclic amines) is 1. The standard InChI is InChI=1S/C28H24N2O2/c31-27-17-19-30(21-22(27)20-26-16-18-29-32-26)28(23-10-4-1-5-11-23,24-12-6-2-7-13-24)25-14-8-3-9-15-25/h1-16,18,20H,17,19,21H2/b22-20+. The van der Waals surface area contributed by atoms with Gasteiger partial charge in [0, 0.05) is 31.1 Å². The molecule has 4 heteroatoms. The average molecular weight is 421 g/mol. The fourth-order valence-corrected chi connectivity index (χ4v) is 4.74. The van der Waals surface area contributed by atoms with E-state index in [4.69, 9.17) is 4.52 Å². The number of ketones is 1. The van der Waals surface area contributed by atoms with E-state index < -0.39 is 5.54 Å². The van der Waals surface area contributed by atoms with Crippen LogP contribution in [0.2, 0.25) is 0 Å². The van der Waals surface area contributed by atoms with Crippen LogP contribution in [-0.2, 0) is 10.3 Å². The molecule has 2 heterocycles. The quantitative estimate of drug-likeness (QED) is 0.324. The molecule has 1 fully saturated rings. The minimum atomic E-state index is -0.537. The third-order valence-corrected chi connectivity index (χ3v) is 6.15. The van der Waals surface area contributed by atoms with Gasteiger partial charge in [-0.25, -0.2) is 0 Å². The first kappa shape index (κ1) is 20.2. The van der Waals surface area contributed by atoms with Gasteiger partial charge in [0.1, 0.15) is 0 Å². The lowest BCUT2D eigenvalue weighted by Crippen LogP contribution is -2.52. The molecule has 0 aliphatic carbocycles. The fourth-order valence-electron chi connectivity index (χ4n) is 4.74. The van der Waals surface area contributed by atoms with Crippen molar-refractivity contribution in [2.24, 2.45) is 0 Å². The number of hydrogen-bond acceptors (Lipinski definition) is 4. The molecule has 0 atom stereocenters. The molecule has 4 aromatic rings. The molecule has 0 unspecified atom stereocenters. The highest BCUT2D eigenvalue weighted by molar-refractivity contribution is 6.00. The number of carbonyl (C=O) groups is 1. The largest absolute Gasteiger partial charge is 0.357 e. The molecule has 0 amide bonds. The number of hydrogen-bond donors (Lipinski definition) is 0. The number of rotatable bonds is 5. The number of piperidine rings is 1. The second-order valence-corrected chi connectivity index (χ2v) is 7.99. The Morgan fingerprint density at radius 3 is 1.78 bits per heavy atom. The molecule has 0 radical (unpaired) electrons. The Balaban J connectivity index is 1.72. The van der Waals surface area contributed by atoms with Gasteiger partial charge in [0.05, 0.1) is 11.7 Å². The minimum Gasteiger partial charge on any atom is -0.357 e. The fraction of sp³-hybridized carbons (Fsp3) is 0.143. The molecule has 1 saturated heterocycles. The minimum absolute atomic E-state index is 0.153. The van der Waals surface area contributed by atoms with Crippen molar-refractivity contribution >= 4 is 11.9 Å². The number of nitrogens with zero attached hydrogens (tertiary/aromatic N) is 2. The van der Waals surface area contributed by atoms with E-state index in [1.807, 2.05) is 24.3 Å². The lowest BCUT2D eigenvalue weighted by atomic mass is 9.74.